The van der Waals surface area contributed by atoms with Crippen molar-refractivity contribution in [3.8, 4) is 11.1 Å². The minimum absolute atomic E-state index is 1.12. The Kier molecular flexibility index (Phi) is 5.48. The Morgan fingerprint density at radius 3 is 2.46 bits per heavy atom. The standard InChI is InChI=1S/C28H30/c1-4-7-8-9-20-10-12-23(13-11-20)25-18-17-24-15-14-21(5-2)27-22(6-3)16-19-26(25)28(24)27/h5-6,10-13,16-19H,3-4,7-9,14-15H2,1-2H3/b21-5-. The second kappa shape index (κ2) is 8.19. The molecule has 0 amide bonds. The number of hydrogen-bond acceptors (Lipinski definition) is 0. The normalized spacial score (nSPS) is 14.6. The molecule has 4 rings (SSSR count). The molecule has 1 aliphatic rings. The largest absolute Gasteiger partial charge is 0.0984 e. The number of allylic oxidation sites excluding steroid dienone is 2. The molecule has 0 bridgehead atoms. The van der Waals surface area contributed by atoms with Gasteiger partial charge in [-0.1, -0.05) is 87.0 Å². The summed E-state index contributed by atoms with van der Waals surface area (Å²) in [7, 11) is 0. The molecule has 0 radical (unpaired) electrons. The van der Waals surface area contributed by atoms with Crippen molar-refractivity contribution in [2.24, 2.45) is 0 Å². The quantitative estimate of drug-likeness (QED) is 0.385. The molecule has 0 nitrogen and oxygen atoms in total. The van der Waals surface area contributed by atoms with Crippen molar-refractivity contribution < 1.29 is 0 Å². The van der Waals surface area contributed by atoms with Crippen molar-refractivity contribution in [2.45, 2.75) is 52.4 Å². The molecule has 142 valence electrons. The minimum atomic E-state index is 1.12. The van der Waals surface area contributed by atoms with Crippen molar-refractivity contribution in [1.29, 1.82) is 0 Å². The molecular formula is C28H30. The number of hydrogen-bond donors (Lipinski definition) is 0. The van der Waals surface area contributed by atoms with Gasteiger partial charge < -0.3 is 0 Å². The van der Waals surface area contributed by atoms with Gasteiger partial charge in [0.2, 0.25) is 0 Å². The fourth-order valence-electron chi connectivity index (χ4n) is 4.62. The van der Waals surface area contributed by atoms with Crippen LogP contribution >= 0.6 is 0 Å². The van der Waals surface area contributed by atoms with Crippen molar-refractivity contribution in [3.05, 3.63) is 83.4 Å². The van der Waals surface area contributed by atoms with Gasteiger partial charge in [0.1, 0.15) is 0 Å². The Bertz CT molecular complexity index is 1030. The van der Waals surface area contributed by atoms with Crippen molar-refractivity contribution >= 4 is 22.4 Å². The lowest BCUT2D eigenvalue weighted by Crippen LogP contribution is -2.03. The maximum atomic E-state index is 4.06. The first kappa shape index (κ1) is 18.7. The fraction of sp³-hybridized carbons (Fsp3) is 0.286. The lowest BCUT2D eigenvalue weighted by molar-refractivity contribution is 0.717. The number of unbranched alkanes of at least 4 members (excludes halogenated alkanes) is 2. The van der Waals surface area contributed by atoms with Crippen LogP contribution in [0.1, 0.15) is 61.8 Å². The Morgan fingerprint density at radius 1 is 0.929 bits per heavy atom. The summed E-state index contributed by atoms with van der Waals surface area (Å²) in [6.07, 6.45) is 11.6. The number of aryl methyl sites for hydroxylation is 2. The van der Waals surface area contributed by atoms with Crippen molar-refractivity contribution in [1.82, 2.24) is 0 Å². The maximum absolute atomic E-state index is 4.06. The number of benzene rings is 3. The van der Waals surface area contributed by atoms with Crippen LogP contribution in [0, 0.1) is 0 Å². The number of rotatable bonds is 6. The molecule has 0 unspecified atom stereocenters. The summed E-state index contributed by atoms with van der Waals surface area (Å²) >= 11 is 0. The average molecular weight is 367 g/mol. The lowest BCUT2D eigenvalue weighted by atomic mass is 9.80. The molecule has 0 aromatic heterocycles. The monoisotopic (exact) mass is 366 g/mol. The van der Waals surface area contributed by atoms with Gasteiger partial charge in [0, 0.05) is 0 Å². The molecule has 3 aromatic rings. The minimum Gasteiger partial charge on any atom is -0.0984 e. The molecule has 0 aliphatic heterocycles. The lowest BCUT2D eigenvalue weighted by Gasteiger charge is -2.24. The van der Waals surface area contributed by atoms with Crippen LogP contribution < -0.4 is 0 Å². The summed E-state index contributed by atoms with van der Waals surface area (Å²) in [5, 5.41) is 2.80. The van der Waals surface area contributed by atoms with Crippen LogP contribution in [0.25, 0.3) is 33.5 Å². The third-order valence-corrected chi connectivity index (χ3v) is 6.19. The molecule has 0 heteroatoms. The molecule has 0 N–H and O–H groups in total. The van der Waals surface area contributed by atoms with Crippen LogP contribution in [0.15, 0.2) is 61.2 Å². The predicted octanol–water partition coefficient (Wildman–Crippen LogP) is 8.23. The summed E-state index contributed by atoms with van der Waals surface area (Å²) in [5.74, 6) is 0. The Balaban J connectivity index is 1.82. The van der Waals surface area contributed by atoms with Crippen LogP contribution in [-0.2, 0) is 12.8 Å². The van der Waals surface area contributed by atoms with Crippen LogP contribution in [0.4, 0.5) is 0 Å². The highest BCUT2D eigenvalue weighted by Gasteiger charge is 2.20. The first-order valence-electron chi connectivity index (χ1n) is 10.7. The highest BCUT2D eigenvalue weighted by Crippen LogP contribution is 2.42. The third-order valence-electron chi connectivity index (χ3n) is 6.19. The molecule has 28 heavy (non-hydrogen) atoms. The molecule has 1 aliphatic carbocycles. The van der Waals surface area contributed by atoms with Crippen LogP contribution in [-0.4, -0.2) is 0 Å². The van der Waals surface area contributed by atoms with Crippen LogP contribution in [0.2, 0.25) is 0 Å². The zero-order valence-electron chi connectivity index (χ0n) is 17.2. The molecule has 0 spiro atoms. The van der Waals surface area contributed by atoms with Gasteiger partial charge in [-0.25, -0.2) is 0 Å². The third kappa shape index (κ3) is 3.33. The van der Waals surface area contributed by atoms with E-state index in [0.29, 0.717) is 0 Å². The van der Waals surface area contributed by atoms with E-state index in [2.05, 4.69) is 75.0 Å². The van der Waals surface area contributed by atoms with E-state index in [9.17, 15) is 0 Å². The summed E-state index contributed by atoms with van der Waals surface area (Å²) in [6.45, 7) is 8.48. The van der Waals surface area contributed by atoms with Crippen LogP contribution in [0.5, 0.6) is 0 Å². The fourth-order valence-corrected chi connectivity index (χ4v) is 4.62. The highest BCUT2D eigenvalue weighted by atomic mass is 14.2. The van der Waals surface area contributed by atoms with E-state index in [1.165, 1.54) is 75.4 Å². The summed E-state index contributed by atoms with van der Waals surface area (Å²) in [6, 6.07) is 18.4. The molecule has 0 saturated heterocycles. The van der Waals surface area contributed by atoms with E-state index < -0.39 is 0 Å². The smallest absolute Gasteiger partial charge is 0.00643 e. The highest BCUT2D eigenvalue weighted by molar-refractivity contribution is 6.07. The molecule has 0 atom stereocenters. The second-order valence-electron chi connectivity index (χ2n) is 7.90. The van der Waals surface area contributed by atoms with Gasteiger partial charge in [-0.2, -0.15) is 0 Å². The van der Waals surface area contributed by atoms with Gasteiger partial charge in [0.15, 0.2) is 0 Å². The maximum Gasteiger partial charge on any atom is -0.00643 e. The summed E-state index contributed by atoms with van der Waals surface area (Å²) in [4.78, 5) is 0. The van der Waals surface area contributed by atoms with Crippen molar-refractivity contribution in [2.75, 3.05) is 0 Å². The zero-order chi connectivity index (χ0) is 19.5. The molecule has 0 heterocycles. The first-order valence-corrected chi connectivity index (χ1v) is 10.7. The van der Waals surface area contributed by atoms with E-state index in [0.717, 1.165) is 12.8 Å². The molecule has 0 saturated carbocycles. The van der Waals surface area contributed by atoms with E-state index in [1.54, 1.807) is 0 Å². The molecule has 3 aromatic carbocycles. The molecule has 0 fully saturated rings. The zero-order valence-corrected chi connectivity index (χ0v) is 17.2. The van der Waals surface area contributed by atoms with Gasteiger partial charge in [-0.15, -0.1) is 0 Å². The topological polar surface area (TPSA) is 0 Å². The SMILES string of the molecule is C=Cc1ccc2c(-c3ccc(CCCCC)cc3)ccc3c2c1/C(=C\C)CC3. The summed E-state index contributed by atoms with van der Waals surface area (Å²) in [5.41, 5.74) is 9.68. The van der Waals surface area contributed by atoms with Gasteiger partial charge >= 0.3 is 0 Å². The molecular weight excluding hydrogens is 336 g/mol. The Hall–Kier alpha value is -2.60. The van der Waals surface area contributed by atoms with E-state index >= 15 is 0 Å². The predicted molar refractivity (Wildman–Crippen MR) is 125 cm³/mol. The van der Waals surface area contributed by atoms with Gasteiger partial charge in [-0.3, -0.25) is 0 Å². The van der Waals surface area contributed by atoms with E-state index in [1.807, 2.05) is 6.08 Å². The van der Waals surface area contributed by atoms with E-state index in [4.69, 9.17) is 0 Å². The van der Waals surface area contributed by atoms with Gasteiger partial charge in [-0.05, 0) is 82.3 Å². The average Bonchev–Trinajstić information content (AvgIpc) is 2.75. The Morgan fingerprint density at radius 2 is 1.75 bits per heavy atom. The van der Waals surface area contributed by atoms with Crippen molar-refractivity contribution in [3.63, 3.8) is 0 Å². The van der Waals surface area contributed by atoms with E-state index in [-0.39, 0.29) is 0 Å². The van der Waals surface area contributed by atoms with Crippen LogP contribution in [0.3, 0.4) is 0 Å². The van der Waals surface area contributed by atoms with Gasteiger partial charge in [0.05, 0.1) is 0 Å². The summed E-state index contributed by atoms with van der Waals surface area (Å²) < 4.78 is 0. The second-order valence-corrected chi connectivity index (χ2v) is 7.90. The van der Waals surface area contributed by atoms with Gasteiger partial charge in [0.25, 0.3) is 0 Å². The Labute approximate surface area is 169 Å². The first-order chi connectivity index (χ1) is 13.8.